The van der Waals surface area contributed by atoms with E-state index in [4.69, 9.17) is 16.3 Å². The molecule has 1 N–H and O–H groups in total. The highest BCUT2D eigenvalue weighted by Crippen LogP contribution is 2.25. The van der Waals surface area contributed by atoms with Gasteiger partial charge in [0.15, 0.2) is 6.61 Å². The van der Waals surface area contributed by atoms with E-state index in [0.717, 1.165) is 31.2 Å². The van der Waals surface area contributed by atoms with Crippen molar-refractivity contribution in [1.29, 1.82) is 0 Å². The van der Waals surface area contributed by atoms with Crippen molar-refractivity contribution in [3.63, 3.8) is 0 Å². The van der Waals surface area contributed by atoms with Crippen molar-refractivity contribution in [2.24, 2.45) is 0 Å². The first kappa shape index (κ1) is 21.2. The first-order valence-electron chi connectivity index (χ1n) is 10.0. The Morgan fingerprint density at radius 2 is 1.86 bits per heavy atom. The first-order chi connectivity index (χ1) is 14.0. The molecule has 5 nitrogen and oxygen atoms in total. The maximum Gasteiger partial charge on any atom is 0.262 e. The van der Waals surface area contributed by atoms with Crippen molar-refractivity contribution in [3.05, 3.63) is 58.6 Å². The number of hydrogen-bond donors (Lipinski definition) is 1. The fraction of sp³-hybridized carbons (Fsp3) is 0.391. The topological polar surface area (TPSA) is 58.6 Å². The van der Waals surface area contributed by atoms with E-state index in [9.17, 15) is 9.59 Å². The van der Waals surface area contributed by atoms with Gasteiger partial charge >= 0.3 is 0 Å². The largest absolute Gasteiger partial charge is 0.483 e. The van der Waals surface area contributed by atoms with Gasteiger partial charge in [-0.3, -0.25) is 9.59 Å². The van der Waals surface area contributed by atoms with E-state index in [2.05, 4.69) is 5.32 Å². The number of nitrogens with one attached hydrogen (secondary N) is 1. The second kappa shape index (κ2) is 9.79. The molecule has 0 radical (unpaired) electrons. The van der Waals surface area contributed by atoms with E-state index >= 15 is 0 Å². The van der Waals surface area contributed by atoms with Crippen LogP contribution in [0.1, 0.15) is 48.0 Å². The molecule has 1 aliphatic rings. The molecule has 0 unspecified atom stereocenters. The lowest BCUT2D eigenvalue weighted by atomic mass is 9.94. The number of hydrogen-bond acceptors (Lipinski definition) is 3. The molecule has 1 saturated carbocycles. The zero-order valence-electron chi connectivity index (χ0n) is 16.9. The molecular formula is C23H27ClN2O3. The predicted molar refractivity (Wildman–Crippen MR) is 116 cm³/mol. The predicted octanol–water partition coefficient (Wildman–Crippen LogP) is 5.07. The first-order valence-corrected chi connectivity index (χ1v) is 10.4. The summed E-state index contributed by atoms with van der Waals surface area (Å²) >= 11 is 5.94. The number of nitrogens with zero attached hydrogens (tertiary/aromatic N) is 1. The summed E-state index contributed by atoms with van der Waals surface area (Å²) in [6.45, 7) is 1.72. The minimum atomic E-state index is -0.320. The molecule has 2 aromatic carbocycles. The highest BCUT2D eigenvalue weighted by molar-refractivity contribution is 6.30. The summed E-state index contributed by atoms with van der Waals surface area (Å²) in [4.78, 5) is 27.3. The van der Waals surface area contributed by atoms with Crippen molar-refractivity contribution in [2.75, 3.05) is 19.0 Å². The normalized spacial score (nSPS) is 14.3. The zero-order valence-corrected chi connectivity index (χ0v) is 17.7. The number of ether oxygens (including phenoxy) is 1. The molecule has 0 bridgehead atoms. The van der Waals surface area contributed by atoms with Crippen molar-refractivity contribution in [1.82, 2.24) is 4.90 Å². The number of para-hydroxylation sites is 1. The van der Waals surface area contributed by atoms with Gasteiger partial charge in [-0.25, -0.2) is 0 Å². The van der Waals surface area contributed by atoms with Gasteiger partial charge < -0.3 is 15.0 Å². The molecule has 1 aliphatic carbocycles. The molecule has 29 heavy (non-hydrogen) atoms. The fourth-order valence-electron chi connectivity index (χ4n) is 3.71. The van der Waals surface area contributed by atoms with Crippen LogP contribution in [0, 0.1) is 6.92 Å². The molecule has 0 saturated heterocycles. The second-order valence-electron chi connectivity index (χ2n) is 7.50. The van der Waals surface area contributed by atoms with E-state index in [1.54, 1.807) is 36.4 Å². The van der Waals surface area contributed by atoms with Gasteiger partial charge in [-0.15, -0.1) is 0 Å². The van der Waals surface area contributed by atoms with Gasteiger partial charge in [0.1, 0.15) is 5.75 Å². The van der Waals surface area contributed by atoms with Crippen LogP contribution >= 0.6 is 11.6 Å². The molecule has 1 fully saturated rings. The van der Waals surface area contributed by atoms with Crippen LogP contribution in [0.2, 0.25) is 5.02 Å². The summed E-state index contributed by atoms with van der Waals surface area (Å²) in [6, 6.07) is 12.6. The third-order valence-electron chi connectivity index (χ3n) is 5.37. The van der Waals surface area contributed by atoms with Crippen LogP contribution in [-0.2, 0) is 4.79 Å². The minimum absolute atomic E-state index is 0.0673. The van der Waals surface area contributed by atoms with E-state index in [1.165, 1.54) is 6.42 Å². The van der Waals surface area contributed by atoms with Gasteiger partial charge in [-0.1, -0.05) is 43.0 Å². The van der Waals surface area contributed by atoms with Crippen LogP contribution < -0.4 is 10.1 Å². The van der Waals surface area contributed by atoms with Gasteiger partial charge in [-0.05, 0) is 55.7 Å². The molecule has 0 heterocycles. The Bertz CT molecular complexity index is 878. The van der Waals surface area contributed by atoms with Gasteiger partial charge in [0.05, 0.1) is 11.3 Å². The molecule has 0 spiro atoms. The van der Waals surface area contributed by atoms with Crippen molar-refractivity contribution < 1.29 is 14.3 Å². The minimum Gasteiger partial charge on any atom is -0.483 e. The van der Waals surface area contributed by atoms with Crippen molar-refractivity contribution in [2.45, 2.75) is 45.1 Å². The lowest BCUT2D eigenvalue weighted by Crippen LogP contribution is -2.38. The van der Waals surface area contributed by atoms with Crippen LogP contribution in [0.4, 0.5) is 5.69 Å². The Labute approximate surface area is 177 Å². The maximum absolute atomic E-state index is 13.0. The maximum atomic E-state index is 13.0. The molecule has 0 atom stereocenters. The summed E-state index contributed by atoms with van der Waals surface area (Å²) in [6.07, 6.45) is 5.61. The number of rotatable bonds is 6. The zero-order chi connectivity index (χ0) is 20.8. The van der Waals surface area contributed by atoms with Crippen LogP contribution in [0.3, 0.4) is 0 Å². The summed E-state index contributed by atoms with van der Waals surface area (Å²) in [5.74, 6) is 0.216. The summed E-state index contributed by atoms with van der Waals surface area (Å²) in [5.41, 5.74) is 1.85. The van der Waals surface area contributed by atoms with E-state index in [1.807, 2.05) is 24.9 Å². The van der Waals surface area contributed by atoms with Crippen LogP contribution in [-0.4, -0.2) is 36.4 Å². The second-order valence-corrected chi connectivity index (χ2v) is 7.94. The molecule has 6 heteroatoms. The molecule has 2 amide bonds. The number of carbonyl (C=O) groups excluding carboxylic acids is 2. The number of carbonyl (C=O) groups is 2. The highest BCUT2D eigenvalue weighted by atomic mass is 35.5. The Balaban J connectivity index is 1.65. The van der Waals surface area contributed by atoms with E-state index in [0.29, 0.717) is 22.0 Å². The smallest absolute Gasteiger partial charge is 0.262 e. The summed E-state index contributed by atoms with van der Waals surface area (Å²) < 4.78 is 5.60. The lowest BCUT2D eigenvalue weighted by molar-refractivity contribution is -0.118. The Hall–Kier alpha value is -2.53. The van der Waals surface area contributed by atoms with Gasteiger partial charge in [-0.2, -0.15) is 0 Å². The third kappa shape index (κ3) is 5.51. The molecular weight excluding hydrogens is 388 g/mol. The van der Waals surface area contributed by atoms with Crippen LogP contribution in [0.5, 0.6) is 5.75 Å². The number of anilines is 1. The highest BCUT2D eigenvalue weighted by Gasteiger charge is 2.24. The molecule has 154 valence electrons. The molecule has 0 aromatic heterocycles. The fourth-order valence-corrected chi connectivity index (χ4v) is 3.93. The Morgan fingerprint density at radius 3 is 2.59 bits per heavy atom. The summed E-state index contributed by atoms with van der Waals surface area (Å²) in [5, 5.41) is 3.43. The Morgan fingerprint density at radius 1 is 1.14 bits per heavy atom. The monoisotopic (exact) mass is 414 g/mol. The van der Waals surface area contributed by atoms with Crippen LogP contribution in [0.25, 0.3) is 0 Å². The van der Waals surface area contributed by atoms with Crippen molar-refractivity contribution >= 4 is 29.1 Å². The van der Waals surface area contributed by atoms with Gasteiger partial charge in [0.25, 0.3) is 11.8 Å². The lowest BCUT2D eigenvalue weighted by Gasteiger charge is -2.31. The number of amides is 2. The van der Waals surface area contributed by atoms with Gasteiger partial charge in [0, 0.05) is 18.1 Å². The van der Waals surface area contributed by atoms with Crippen molar-refractivity contribution in [3.8, 4) is 5.75 Å². The molecule has 0 aliphatic heterocycles. The molecule has 3 rings (SSSR count). The standard InChI is InChI=1S/C23H27ClN2O3/c1-16-14-17(24)12-13-21(16)29-15-22(27)25-20-11-7-6-10-19(20)23(28)26(2)18-8-4-3-5-9-18/h6-7,10-14,18H,3-5,8-9,15H2,1-2H3,(H,25,27). The average molecular weight is 415 g/mol. The van der Waals surface area contributed by atoms with Crippen LogP contribution in [0.15, 0.2) is 42.5 Å². The van der Waals surface area contributed by atoms with Gasteiger partial charge in [0.2, 0.25) is 0 Å². The molecule has 2 aromatic rings. The Kier molecular flexibility index (Phi) is 7.15. The quantitative estimate of drug-likeness (QED) is 0.717. The number of halogens is 1. The van der Waals surface area contributed by atoms with E-state index in [-0.39, 0.29) is 24.5 Å². The number of aryl methyl sites for hydroxylation is 1. The third-order valence-corrected chi connectivity index (χ3v) is 5.61. The number of benzene rings is 2. The SMILES string of the molecule is Cc1cc(Cl)ccc1OCC(=O)Nc1ccccc1C(=O)N(C)C1CCCCC1. The summed E-state index contributed by atoms with van der Waals surface area (Å²) in [7, 11) is 1.85. The average Bonchev–Trinajstić information content (AvgIpc) is 2.73. The van der Waals surface area contributed by atoms with E-state index < -0.39 is 0 Å².